The fraction of sp³-hybridized carbons (Fsp3) is 0.714. The lowest BCUT2D eigenvalue weighted by Gasteiger charge is -2.44. The number of hydrogen-bond donors (Lipinski definition) is 1. The predicted molar refractivity (Wildman–Crippen MR) is 70.6 cm³/mol. The molecule has 0 spiro atoms. The van der Waals surface area contributed by atoms with E-state index in [0.717, 1.165) is 0 Å². The van der Waals surface area contributed by atoms with E-state index < -0.39 is 12.1 Å². The van der Waals surface area contributed by atoms with E-state index in [1.54, 1.807) is 11.8 Å². The second kappa shape index (κ2) is 5.01. The fourth-order valence-electron chi connectivity index (χ4n) is 2.24. The van der Waals surface area contributed by atoms with Gasteiger partial charge in [-0.3, -0.25) is 9.59 Å². The molecular weight excluding hydrogens is 228 g/mol. The van der Waals surface area contributed by atoms with Gasteiger partial charge in [0.05, 0.1) is 6.04 Å². The molecule has 18 heavy (non-hydrogen) atoms. The molecule has 4 heteroatoms. The highest BCUT2D eigenvalue weighted by atomic mass is 16.2. The van der Waals surface area contributed by atoms with E-state index in [1.165, 1.54) is 0 Å². The third-order valence-corrected chi connectivity index (χ3v) is 3.34. The highest BCUT2D eigenvalue weighted by Crippen LogP contribution is 2.27. The average Bonchev–Trinajstić information content (AvgIpc) is 2.28. The molecule has 0 saturated carbocycles. The van der Waals surface area contributed by atoms with Crippen LogP contribution in [0.4, 0.5) is 0 Å². The van der Waals surface area contributed by atoms with Gasteiger partial charge in [-0.05, 0) is 18.8 Å². The molecule has 3 atom stereocenters. The van der Waals surface area contributed by atoms with Crippen LogP contribution in [0.1, 0.15) is 41.0 Å². The number of hydrogen-bond acceptors (Lipinski definition) is 2. The van der Waals surface area contributed by atoms with E-state index >= 15 is 0 Å². The molecule has 1 aliphatic rings. The zero-order valence-electron chi connectivity index (χ0n) is 11.8. The standard InChI is InChI=1S/C14H22N2O2/c1-7-9(3)16-10(8-2)12(17)15-11(13(16)18)14(4,5)6/h1,9-11H,8H2,2-6H3,(H,15,17). The largest absolute Gasteiger partial charge is 0.342 e. The molecule has 1 rings (SSSR count). The Morgan fingerprint density at radius 1 is 1.44 bits per heavy atom. The van der Waals surface area contributed by atoms with Crippen LogP contribution < -0.4 is 5.32 Å². The monoisotopic (exact) mass is 250 g/mol. The van der Waals surface area contributed by atoms with Gasteiger partial charge in [-0.15, -0.1) is 6.42 Å². The molecule has 1 N–H and O–H groups in total. The third kappa shape index (κ3) is 2.50. The molecule has 2 amide bonds. The zero-order valence-corrected chi connectivity index (χ0v) is 11.8. The first-order valence-corrected chi connectivity index (χ1v) is 6.32. The van der Waals surface area contributed by atoms with E-state index in [4.69, 9.17) is 6.42 Å². The summed E-state index contributed by atoms with van der Waals surface area (Å²) < 4.78 is 0. The van der Waals surface area contributed by atoms with Crippen molar-refractivity contribution < 1.29 is 9.59 Å². The second-order valence-electron chi connectivity index (χ2n) is 5.82. The van der Waals surface area contributed by atoms with Crippen molar-refractivity contribution in [2.45, 2.75) is 59.2 Å². The van der Waals surface area contributed by atoms with Crippen LogP contribution >= 0.6 is 0 Å². The number of rotatable bonds is 2. The van der Waals surface area contributed by atoms with Gasteiger partial charge < -0.3 is 10.2 Å². The maximum atomic E-state index is 12.5. The number of nitrogens with one attached hydrogen (secondary N) is 1. The van der Waals surface area contributed by atoms with Crippen molar-refractivity contribution in [3.63, 3.8) is 0 Å². The normalized spacial score (nSPS) is 26.6. The van der Waals surface area contributed by atoms with Gasteiger partial charge >= 0.3 is 0 Å². The van der Waals surface area contributed by atoms with E-state index in [9.17, 15) is 9.59 Å². The SMILES string of the molecule is C#CC(C)N1C(=O)C(C(C)(C)C)NC(=O)C1CC. The quantitative estimate of drug-likeness (QED) is 0.748. The van der Waals surface area contributed by atoms with Crippen molar-refractivity contribution in [2.75, 3.05) is 0 Å². The highest BCUT2D eigenvalue weighted by molar-refractivity contribution is 5.97. The molecular formula is C14H22N2O2. The summed E-state index contributed by atoms with van der Waals surface area (Å²) in [6, 6.07) is -1.33. The molecule has 0 radical (unpaired) electrons. The van der Waals surface area contributed by atoms with Gasteiger partial charge in [0.2, 0.25) is 11.8 Å². The second-order valence-corrected chi connectivity index (χ2v) is 5.82. The van der Waals surface area contributed by atoms with Crippen molar-refractivity contribution in [1.29, 1.82) is 0 Å². The summed E-state index contributed by atoms with van der Waals surface area (Å²) in [5.41, 5.74) is -0.321. The minimum absolute atomic E-state index is 0.0839. The smallest absolute Gasteiger partial charge is 0.247 e. The van der Waals surface area contributed by atoms with Crippen LogP contribution in [0.15, 0.2) is 0 Å². The molecule has 0 aromatic heterocycles. The van der Waals surface area contributed by atoms with Gasteiger partial charge in [-0.2, -0.15) is 0 Å². The van der Waals surface area contributed by atoms with Crippen LogP contribution in [0.25, 0.3) is 0 Å². The number of carbonyl (C=O) groups excluding carboxylic acids is 2. The Labute approximate surface area is 109 Å². The Morgan fingerprint density at radius 3 is 2.39 bits per heavy atom. The van der Waals surface area contributed by atoms with Gasteiger partial charge in [0, 0.05) is 0 Å². The Balaban J connectivity index is 3.14. The average molecular weight is 250 g/mol. The van der Waals surface area contributed by atoms with Crippen molar-refractivity contribution >= 4 is 11.8 Å². The van der Waals surface area contributed by atoms with E-state index in [1.807, 2.05) is 27.7 Å². The minimum atomic E-state index is -0.511. The van der Waals surface area contributed by atoms with E-state index in [-0.39, 0.29) is 23.3 Å². The van der Waals surface area contributed by atoms with Crippen LogP contribution in [-0.4, -0.2) is 34.8 Å². The molecule has 3 unspecified atom stereocenters. The predicted octanol–water partition coefficient (Wildman–Crippen LogP) is 1.16. The summed E-state index contributed by atoms with van der Waals surface area (Å²) in [6.07, 6.45) is 5.98. The Bertz CT molecular complexity index is 390. The summed E-state index contributed by atoms with van der Waals surface area (Å²) >= 11 is 0. The Morgan fingerprint density at radius 2 is 2.00 bits per heavy atom. The molecule has 0 aromatic carbocycles. The number of terminal acetylenes is 1. The van der Waals surface area contributed by atoms with Crippen LogP contribution in [0, 0.1) is 17.8 Å². The molecule has 1 saturated heterocycles. The van der Waals surface area contributed by atoms with Gasteiger partial charge in [0.25, 0.3) is 0 Å². The topological polar surface area (TPSA) is 49.4 Å². The molecule has 0 bridgehead atoms. The first kappa shape index (κ1) is 14.6. The van der Waals surface area contributed by atoms with Crippen molar-refractivity contribution in [3.05, 3.63) is 0 Å². The van der Waals surface area contributed by atoms with Gasteiger partial charge in [0.1, 0.15) is 12.1 Å². The van der Waals surface area contributed by atoms with Gasteiger partial charge in [0.15, 0.2) is 0 Å². The Hall–Kier alpha value is -1.50. The first-order chi connectivity index (χ1) is 8.23. The fourth-order valence-corrected chi connectivity index (χ4v) is 2.24. The summed E-state index contributed by atoms with van der Waals surface area (Å²) in [6.45, 7) is 9.45. The van der Waals surface area contributed by atoms with E-state index in [0.29, 0.717) is 6.42 Å². The van der Waals surface area contributed by atoms with Crippen LogP contribution in [0.2, 0.25) is 0 Å². The summed E-state index contributed by atoms with van der Waals surface area (Å²) in [7, 11) is 0. The lowest BCUT2D eigenvalue weighted by atomic mass is 9.83. The summed E-state index contributed by atoms with van der Waals surface area (Å²) in [4.78, 5) is 26.1. The van der Waals surface area contributed by atoms with Crippen molar-refractivity contribution in [2.24, 2.45) is 5.41 Å². The molecule has 1 fully saturated rings. The van der Waals surface area contributed by atoms with Crippen LogP contribution in [0.3, 0.4) is 0 Å². The van der Waals surface area contributed by atoms with E-state index in [2.05, 4.69) is 11.2 Å². The number of piperazine rings is 1. The molecule has 100 valence electrons. The number of amides is 2. The molecule has 0 aromatic rings. The van der Waals surface area contributed by atoms with Crippen LogP contribution in [0.5, 0.6) is 0 Å². The molecule has 4 nitrogen and oxygen atoms in total. The minimum Gasteiger partial charge on any atom is -0.342 e. The van der Waals surface area contributed by atoms with Crippen molar-refractivity contribution in [3.8, 4) is 12.3 Å². The van der Waals surface area contributed by atoms with Gasteiger partial charge in [-0.25, -0.2) is 0 Å². The lowest BCUT2D eigenvalue weighted by Crippen LogP contribution is -2.67. The summed E-state index contributed by atoms with van der Waals surface area (Å²) in [5, 5.41) is 2.82. The number of nitrogens with zero attached hydrogens (tertiary/aromatic N) is 1. The van der Waals surface area contributed by atoms with Gasteiger partial charge in [-0.1, -0.05) is 33.6 Å². The van der Waals surface area contributed by atoms with Crippen LogP contribution in [-0.2, 0) is 9.59 Å². The molecule has 0 aliphatic carbocycles. The zero-order chi connectivity index (χ0) is 14.1. The maximum Gasteiger partial charge on any atom is 0.247 e. The third-order valence-electron chi connectivity index (χ3n) is 3.34. The lowest BCUT2D eigenvalue weighted by molar-refractivity contribution is -0.153. The molecule has 1 heterocycles. The first-order valence-electron chi connectivity index (χ1n) is 6.32. The maximum absolute atomic E-state index is 12.5. The highest BCUT2D eigenvalue weighted by Gasteiger charge is 2.45. The Kier molecular flexibility index (Phi) is 4.05. The summed E-state index contributed by atoms with van der Waals surface area (Å²) in [5.74, 6) is 2.35. The van der Waals surface area contributed by atoms with Crippen molar-refractivity contribution in [1.82, 2.24) is 10.2 Å². The molecule has 1 aliphatic heterocycles. The number of carbonyl (C=O) groups is 2.